The zero-order chi connectivity index (χ0) is 22.9. The van der Waals surface area contributed by atoms with Gasteiger partial charge in [-0.25, -0.2) is 4.39 Å². The Balaban J connectivity index is 1.59. The van der Waals surface area contributed by atoms with Crippen LogP contribution >= 0.6 is 0 Å². The Morgan fingerprint density at radius 1 is 0.788 bits per heavy atom. The zero-order valence-corrected chi connectivity index (χ0v) is 18.6. The van der Waals surface area contributed by atoms with E-state index in [1.54, 1.807) is 12.1 Å². The number of aromatic nitrogens is 1. The van der Waals surface area contributed by atoms with Gasteiger partial charge >= 0.3 is 0 Å². The summed E-state index contributed by atoms with van der Waals surface area (Å²) in [4.78, 5) is 4.60. The second-order valence-corrected chi connectivity index (χ2v) is 7.67. The predicted molar refractivity (Wildman–Crippen MR) is 130 cm³/mol. The normalized spacial score (nSPS) is 10.6. The highest BCUT2D eigenvalue weighted by atomic mass is 19.1. The van der Waals surface area contributed by atoms with E-state index >= 15 is 0 Å². The number of halogens is 1. The SMILES string of the molecule is CCCNc1ccc(-c2ccc(OCc3ccccc3)nc2OCc2ccccc2)cc1F. The fraction of sp³-hybridized carbons (Fsp3) is 0.179. The fourth-order valence-electron chi connectivity index (χ4n) is 3.38. The number of ether oxygens (including phenoxy) is 2. The van der Waals surface area contributed by atoms with Crippen molar-refractivity contribution in [2.45, 2.75) is 26.6 Å². The van der Waals surface area contributed by atoms with Crippen molar-refractivity contribution < 1.29 is 13.9 Å². The molecule has 0 fully saturated rings. The van der Waals surface area contributed by atoms with Crippen LogP contribution in [-0.2, 0) is 13.2 Å². The lowest BCUT2D eigenvalue weighted by atomic mass is 10.1. The van der Waals surface area contributed by atoms with Gasteiger partial charge in [-0.15, -0.1) is 0 Å². The van der Waals surface area contributed by atoms with Crippen molar-refractivity contribution >= 4 is 5.69 Å². The van der Waals surface area contributed by atoms with Crippen LogP contribution in [-0.4, -0.2) is 11.5 Å². The van der Waals surface area contributed by atoms with E-state index in [2.05, 4.69) is 10.3 Å². The van der Waals surface area contributed by atoms with Gasteiger partial charge in [0.2, 0.25) is 11.8 Å². The van der Waals surface area contributed by atoms with Crippen LogP contribution in [0.1, 0.15) is 24.5 Å². The van der Waals surface area contributed by atoms with Gasteiger partial charge in [0.25, 0.3) is 0 Å². The number of rotatable bonds is 10. The molecule has 0 aliphatic carbocycles. The highest BCUT2D eigenvalue weighted by molar-refractivity contribution is 5.71. The Morgan fingerprint density at radius 3 is 2.09 bits per heavy atom. The number of hydrogen-bond acceptors (Lipinski definition) is 4. The molecule has 0 aliphatic rings. The minimum atomic E-state index is -0.306. The van der Waals surface area contributed by atoms with Gasteiger partial charge < -0.3 is 14.8 Å². The first kappa shape index (κ1) is 22.3. The van der Waals surface area contributed by atoms with Gasteiger partial charge in [-0.05, 0) is 41.3 Å². The van der Waals surface area contributed by atoms with Crippen LogP contribution in [0.4, 0.5) is 10.1 Å². The molecule has 0 saturated heterocycles. The minimum absolute atomic E-state index is 0.306. The molecule has 4 rings (SSSR count). The third-order valence-corrected chi connectivity index (χ3v) is 5.13. The van der Waals surface area contributed by atoms with E-state index in [1.807, 2.05) is 79.7 Å². The van der Waals surface area contributed by atoms with Crippen molar-refractivity contribution in [3.63, 3.8) is 0 Å². The molecule has 5 heteroatoms. The van der Waals surface area contributed by atoms with Crippen LogP contribution in [0.3, 0.4) is 0 Å². The van der Waals surface area contributed by atoms with Crippen LogP contribution < -0.4 is 14.8 Å². The van der Waals surface area contributed by atoms with Crippen LogP contribution in [0.15, 0.2) is 91.0 Å². The zero-order valence-electron chi connectivity index (χ0n) is 18.6. The number of anilines is 1. The van der Waals surface area contributed by atoms with Crippen LogP contribution in [0.2, 0.25) is 0 Å². The smallest absolute Gasteiger partial charge is 0.225 e. The maximum Gasteiger partial charge on any atom is 0.225 e. The van der Waals surface area contributed by atoms with E-state index in [-0.39, 0.29) is 5.82 Å². The van der Waals surface area contributed by atoms with Crippen molar-refractivity contribution in [2.24, 2.45) is 0 Å². The average Bonchev–Trinajstić information content (AvgIpc) is 2.87. The molecule has 1 aromatic heterocycles. The molecular formula is C28H27FN2O2. The van der Waals surface area contributed by atoms with Crippen LogP contribution in [0.25, 0.3) is 11.1 Å². The monoisotopic (exact) mass is 442 g/mol. The number of benzene rings is 3. The first-order valence-corrected chi connectivity index (χ1v) is 11.1. The molecule has 3 aromatic carbocycles. The van der Waals surface area contributed by atoms with Crippen molar-refractivity contribution in [1.29, 1.82) is 0 Å². The summed E-state index contributed by atoms with van der Waals surface area (Å²) in [7, 11) is 0. The maximum atomic E-state index is 14.7. The van der Waals surface area contributed by atoms with Crippen molar-refractivity contribution in [2.75, 3.05) is 11.9 Å². The van der Waals surface area contributed by atoms with Crippen molar-refractivity contribution in [3.8, 4) is 22.9 Å². The predicted octanol–water partition coefficient (Wildman–Crippen LogP) is 6.87. The lowest BCUT2D eigenvalue weighted by Gasteiger charge is -2.14. The molecule has 0 unspecified atom stereocenters. The Morgan fingerprint density at radius 2 is 1.45 bits per heavy atom. The Kier molecular flexibility index (Phi) is 7.54. The second-order valence-electron chi connectivity index (χ2n) is 7.67. The van der Waals surface area contributed by atoms with Gasteiger partial charge in [0, 0.05) is 18.2 Å². The summed E-state index contributed by atoms with van der Waals surface area (Å²) in [5.41, 5.74) is 3.96. The molecule has 0 bridgehead atoms. The Labute approximate surface area is 194 Å². The van der Waals surface area contributed by atoms with E-state index in [0.717, 1.165) is 24.1 Å². The molecule has 4 nitrogen and oxygen atoms in total. The summed E-state index contributed by atoms with van der Waals surface area (Å²) >= 11 is 0. The van der Waals surface area contributed by atoms with Gasteiger partial charge in [0.15, 0.2) is 0 Å². The third kappa shape index (κ3) is 6.10. The standard InChI is InChI=1S/C28H27FN2O2/c1-2-17-30-26-15-13-23(18-25(26)29)24-14-16-27(32-19-21-9-5-3-6-10-21)31-28(24)33-20-22-11-7-4-8-12-22/h3-16,18,30H,2,17,19-20H2,1H3. The molecule has 168 valence electrons. The van der Waals surface area contributed by atoms with E-state index in [0.29, 0.717) is 41.8 Å². The Bertz CT molecular complexity index is 1170. The van der Waals surface area contributed by atoms with Gasteiger partial charge in [-0.2, -0.15) is 4.98 Å². The molecule has 0 amide bonds. The summed E-state index contributed by atoms with van der Waals surface area (Å²) in [5, 5.41) is 3.10. The van der Waals surface area contributed by atoms with Crippen molar-refractivity contribution in [3.05, 3.63) is 108 Å². The average molecular weight is 443 g/mol. The molecule has 0 saturated carbocycles. The third-order valence-electron chi connectivity index (χ3n) is 5.13. The molecule has 0 radical (unpaired) electrons. The van der Waals surface area contributed by atoms with E-state index in [9.17, 15) is 4.39 Å². The van der Waals surface area contributed by atoms with Crippen LogP contribution in [0, 0.1) is 5.82 Å². The molecular weight excluding hydrogens is 415 g/mol. The second kappa shape index (κ2) is 11.1. The Hall–Kier alpha value is -3.86. The van der Waals surface area contributed by atoms with Gasteiger partial charge in [-0.1, -0.05) is 73.7 Å². The summed E-state index contributed by atoms with van der Waals surface area (Å²) < 4.78 is 26.6. The van der Waals surface area contributed by atoms with E-state index < -0.39 is 0 Å². The highest BCUT2D eigenvalue weighted by Gasteiger charge is 2.13. The quantitative estimate of drug-likeness (QED) is 0.291. The molecule has 0 atom stereocenters. The summed E-state index contributed by atoms with van der Waals surface area (Å²) in [5.74, 6) is 0.546. The molecule has 0 spiro atoms. The summed E-state index contributed by atoms with van der Waals surface area (Å²) in [6.45, 7) is 3.51. The topological polar surface area (TPSA) is 43.4 Å². The molecule has 1 heterocycles. The van der Waals surface area contributed by atoms with Gasteiger partial charge in [0.1, 0.15) is 19.0 Å². The van der Waals surface area contributed by atoms with E-state index in [1.165, 1.54) is 6.07 Å². The maximum absolute atomic E-state index is 14.7. The van der Waals surface area contributed by atoms with Gasteiger partial charge in [0.05, 0.1) is 5.69 Å². The number of pyridine rings is 1. The van der Waals surface area contributed by atoms with Gasteiger partial charge in [-0.3, -0.25) is 0 Å². The largest absolute Gasteiger partial charge is 0.473 e. The van der Waals surface area contributed by atoms with E-state index in [4.69, 9.17) is 9.47 Å². The first-order valence-electron chi connectivity index (χ1n) is 11.1. The molecule has 33 heavy (non-hydrogen) atoms. The van der Waals surface area contributed by atoms with Crippen LogP contribution in [0.5, 0.6) is 11.8 Å². The molecule has 4 aromatic rings. The van der Waals surface area contributed by atoms with Crippen molar-refractivity contribution in [1.82, 2.24) is 4.98 Å². The lowest BCUT2D eigenvalue weighted by molar-refractivity contribution is 0.268. The lowest BCUT2D eigenvalue weighted by Crippen LogP contribution is -2.03. The number of nitrogens with zero attached hydrogens (tertiary/aromatic N) is 1. The number of nitrogens with one attached hydrogen (secondary N) is 1. The summed E-state index contributed by atoms with van der Waals surface area (Å²) in [6, 6.07) is 28.5. The number of hydrogen-bond donors (Lipinski definition) is 1. The first-order chi connectivity index (χ1) is 16.2. The highest BCUT2D eigenvalue weighted by Crippen LogP contribution is 2.33. The molecule has 1 N–H and O–H groups in total. The minimum Gasteiger partial charge on any atom is -0.473 e. The summed E-state index contributed by atoms with van der Waals surface area (Å²) in [6.07, 6.45) is 0.924. The fourth-order valence-corrected chi connectivity index (χ4v) is 3.38. The molecule has 0 aliphatic heterocycles.